The van der Waals surface area contributed by atoms with Crippen LogP contribution in [0, 0.1) is 0 Å². The number of nitrogens with zero attached hydrogens (tertiary/aromatic N) is 4. The van der Waals surface area contributed by atoms with E-state index in [1.54, 1.807) is 62.6 Å². The van der Waals surface area contributed by atoms with Gasteiger partial charge in [-0.2, -0.15) is 0 Å². The Morgan fingerprint density at radius 3 is 2.42 bits per heavy atom. The lowest BCUT2D eigenvalue weighted by molar-refractivity contribution is -0.172. The Bertz CT molecular complexity index is 2080. The minimum absolute atomic E-state index is 0.0559. The van der Waals surface area contributed by atoms with Crippen LogP contribution in [0.1, 0.15) is 67.5 Å². The highest BCUT2D eigenvalue weighted by Gasteiger charge is 2.45. The minimum atomic E-state index is -1.91. The maximum atomic E-state index is 13.6. The van der Waals surface area contributed by atoms with Gasteiger partial charge in [-0.25, -0.2) is 19.4 Å². The molecule has 2 aromatic carbocycles. The number of cyclic esters (lactones) is 1. The predicted octanol–water partition coefficient (Wildman–Crippen LogP) is 5.17. The second-order valence-electron chi connectivity index (χ2n) is 14.1. The van der Waals surface area contributed by atoms with E-state index in [1.165, 1.54) is 4.90 Å². The van der Waals surface area contributed by atoms with Gasteiger partial charge < -0.3 is 29.2 Å². The first kappa shape index (κ1) is 34.6. The number of ether oxygens (including phenoxy) is 2. The lowest BCUT2D eigenvalue weighted by atomic mass is 9.86. The molecule has 13 heteroatoms. The van der Waals surface area contributed by atoms with Gasteiger partial charge in [0, 0.05) is 41.8 Å². The van der Waals surface area contributed by atoms with Gasteiger partial charge in [-0.1, -0.05) is 25.1 Å². The predicted molar refractivity (Wildman–Crippen MR) is 185 cm³/mol. The van der Waals surface area contributed by atoms with Crippen molar-refractivity contribution < 1.29 is 34.1 Å². The third kappa shape index (κ3) is 6.53. The van der Waals surface area contributed by atoms with Crippen LogP contribution in [0.2, 0.25) is 0 Å². The number of esters is 1. The van der Waals surface area contributed by atoms with Crippen LogP contribution in [-0.2, 0) is 52.7 Å². The first-order chi connectivity index (χ1) is 23.6. The van der Waals surface area contributed by atoms with Crippen molar-refractivity contribution in [2.24, 2.45) is 0 Å². The van der Waals surface area contributed by atoms with Crippen molar-refractivity contribution in [3.8, 4) is 11.4 Å². The molecule has 2 aliphatic rings. The first-order valence-electron chi connectivity index (χ1n) is 16.4. The Morgan fingerprint density at radius 2 is 1.78 bits per heavy atom. The Morgan fingerprint density at radius 1 is 1.06 bits per heavy atom. The molecule has 3 N–H and O–H groups in total. The lowest BCUT2D eigenvalue weighted by Gasteiger charge is -2.31. The number of benzene rings is 2. The molecule has 0 aliphatic carbocycles. The molecule has 0 unspecified atom stereocenters. The Labute approximate surface area is 289 Å². The number of amides is 2. The van der Waals surface area contributed by atoms with Gasteiger partial charge in [0.1, 0.15) is 12.2 Å². The van der Waals surface area contributed by atoms with Crippen LogP contribution in [0.3, 0.4) is 0 Å². The summed E-state index contributed by atoms with van der Waals surface area (Å²) < 4.78 is 12.1. The minimum Gasteiger partial charge on any atom is -0.465 e. The number of aromatic nitrogens is 2. The van der Waals surface area contributed by atoms with Crippen LogP contribution in [-0.4, -0.2) is 67.4 Å². The van der Waals surface area contributed by atoms with E-state index in [2.05, 4.69) is 5.32 Å². The zero-order valence-electron chi connectivity index (χ0n) is 29.0. The lowest BCUT2D eigenvalue weighted by Crippen LogP contribution is -2.44. The van der Waals surface area contributed by atoms with Crippen molar-refractivity contribution in [2.45, 2.75) is 78.1 Å². The molecule has 0 spiro atoms. The van der Waals surface area contributed by atoms with Gasteiger partial charge in [0.2, 0.25) is 0 Å². The van der Waals surface area contributed by atoms with Gasteiger partial charge in [0.15, 0.2) is 5.60 Å². The van der Waals surface area contributed by atoms with Crippen molar-refractivity contribution in [1.82, 2.24) is 19.4 Å². The van der Waals surface area contributed by atoms with E-state index in [0.29, 0.717) is 29.1 Å². The van der Waals surface area contributed by atoms with Gasteiger partial charge in [0.05, 0.1) is 29.0 Å². The van der Waals surface area contributed by atoms with Crippen molar-refractivity contribution in [3.05, 3.63) is 92.3 Å². The monoisotopic (exact) mass is 683 g/mol. The summed E-state index contributed by atoms with van der Waals surface area (Å²) in [5.74, 6) is -0.773. The molecule has 262 valence electrons. The molecule has 0 radical (unpaired) electrons. The molecule has 0 bridgehead atoms. The van der Waals surface area contributed by atoms with E-state index in [0.717, 1.165) is 27.6 Å². The highest BCUT2D eigenvalue weighted by Crippen LogP contribution is 2.39. The third-order valence-electron chi connectivity index (χ3n) is 8.98. The topological polar surface area (TPSA) is 164 Å². The molecular weight excluding hydrogens is 642 g/mol. The van der Waals surface area contributed by atoms with Gasteiger partial charge in [0.25, 0.3) is 5.56 Å². The molecule has 0 fully saturated rings. The number of hydrogen-bond acceptors (Lipinski definition) is 9. The molecule has 0 saturated carbocycles. The number of anilines is 1. The molecule has 4 heterocycles. The zero-order chi connectivity index (χ0) is 36.1. The van der Waals surface area contributed by atoms with E-state index in [1.807, 2.05) is 37.2 Å². The highest BCUT2D eigenvalue weighted by atomic mass is 16.6. The van der Waals surface area contributed by atoms with Gasteiger partial charge in [-0.05, 0) is 88.3 Å². The van der Waals surface area contributed by atoms with Crippen LogP contribution >= 0.6 is 0 Å². The molecule has 1 atom stereocenters. The number of pyridine rings is 2. The molecule has 6 rings (SSSR count). The molecule has 2 aliphatic heterocycles. The quantitative estimate of drug-likeness (QED) is 0.186. The largest absolute Gasteiger partial charge is 0.465 e. The summed E-state index contributed by atoms with van der Waals surface area (Å²) in [5, 5.41) is 24.9. The van der Waals surface area contributed by atoms with Crippen molar-refractivity contribution in [3.63, 3.8) is 0 Å². The number of carboxylic acid groups (broad SMARTS) is 1. The second-order valence-corrected chi connectivity index (χ2v) is 14.1. The Balaban J connectivity index is 1.32. The van der Waals surface area contributed by atoms with Gasteiger partial charge in [-0.15, -0.1) is 0 Å². The summed E-state index contributed by atoms with van der Waals surface area (Å²) in [6.07, 6.45) is -1.61. The number of nitrogens with one attached hydrogen (secondary N) is 1. The van der Waals surface area contributed by atoms with E-state index in [4.69, 9.17) is 14.5 Å². The molecule has 0 saturated heterocycles. The van der Waals surface area contributed by atoms with Crippen molar-refractivity contribution in [2.75, 3.05) is 19.4 Å². The Hall–Kier alpha value is -5.27. The van der Waals surface area contributed by atoms with Crippen molar-refractivity contribution >= 4 is 34.7 Å². The van der Waals surface area contributed by atoms with E-state index in [-0.39, 0.29) is 49.3 Å². The van der Waals surface area contributed by atoms with Crippen LogP contribution in [0.25, 0.3) is 22.3 Å². The van der Waals surface area contributed by atoms with Crippen LogP contribution in [0.15, 0.2) is 53.3 Å². The average molecular weight is 684 g/mol. The third-order valence-corrected chi connectivity index (χ3v) is 8.98. The highest BCUT2D eigenvalue weighted by molar-refractivity contribution is 5.89. The van der Waals surface area contributed by atoms with Gasteiger partial charge >= 0.3 is 18.2 Å². The van der Waals surface area contributed by atoms with E-state index < -0.39 is 29.4 Å². The van der Waals surface area contributed by atoms with Gasteiger partial charge in [-0.3, -0.25) is 15.0 Å². The summed E-state index contributed by atoms with van der Waals surface area (Å²) in [6, 6.07) is 14.3. The molecule has 2 aromatic heterocycles. The number of aliphatic hydroxyl groups is 1. The fourth-order valence-electron chi connectivity index (χ4n) is 6.54. The first-order valence-corrected chi connectivity index (χ1v) is 16.4. The maximum absolute atomic E-state index is 13.6. The fourth-order valence-corrected chi connectivity index (χ4v) is 6.54. The standard InChI is InChI=1S/C37H41N5O8/c1-7-37(48)28-15-30-31-23(18-42(30)32(43)27(28)20-49-33(37)44)14-25-26(19-40(5)6)22(10-13-29(25)39-31)17-41(35(46)47)16-21-8-11-24(12-9-21)38-34(45)50-36(2,3)4/h8-15,48H,7,16-20H2,1-6H3,(H,38,45)(H,46,47)/t37-/m0/s1. The summed E-state index contributed by atoms with van der Waals surface area (Å²) >= 11 is 0. The average Bonchev–Trinajstić information content (AvgIpc) is 3.40. The SMILES string of the molecule is CC[C@@]1(O)C(=O)OCc2c1cc1n(c2=O)Cc2cc3c(CN(C)C)c(CN(Cc4ccc(NC(=O)OC(C)(C)C)cc4)C(=O)O)ccc3nc2-1. The molecule has 2 amide bonds. The fraction of sp³-hybridized carbons (Fsp3) is 0.378. The maximum Gasteiger partial charge on any atom is 0.412 e. The molecule has 50 heavy (non-hydrogen) atoms. The van der Waals surface area contributed by atoms with Crippen LogP contribution in [0.4, 0.5) is 15.3 Å². The summed E-state index contributed by atoms with van der Waals surface area (Å²) in [4.78, 5) is 59.1. The zero-order valence-corrected chi connectivity index (χ0v) is 29.0. The second kappa shape index (κ2) is 12.9. The number of rotatable bonds is 8. The number of carbonyl (C=O) groups excluding carboxylic acids is 2. The number of carbonyl (C=O) groups is 3. The van der Waals surface area contributed by atoms with Crippen molar-refractivity contribution in [1.29, 1.82) is 0 Å². The normalized spacial score (nSPS) is 16.4. The Kier molecular flexibility index (Phi) is 8.91. The molecular formula is C37H41N5O8. The smallest absolute Gasteiger partial charge is 0.412 e. The summed E-state index contributed by atoms with van der Waals surface area (Å²) in [6.45, 7) is 7.79. The van der Waals surface area contributed by atoms with Crippen LogP contribution < -0.4 is 10.9 Å². The summed E-state index contributed by atoms with van der Waals surface area (Å²) in [5.41, 5.74) is 3.21. The van der Waals surface area contributed by atoms with Crippen LogP contribution in [0.5, 0.6) is 0 Å². The number of hydrogen-bond donors (Lipinski definition) is 3. The number of fused-ring (bicyclic) bond motifs is 5. The van der Waals surface area contributed by atoms with E-state index in [9.17, 15) is 29.4 Å². The molecule has 13 nitrogen and oxygen atoms in total. The molecule has 4 aromatic rings. The van der Waals surface area contributed by atoms with E-state index >= 15 is 0 Å². The summed E-state index contributed by atoms with van der Waals surface area (Å²) in [7, 11) is 3.87.